The third-order valence-corrected chi connectivity index (χ3v) is 3.98. The van der Waals surface area contributed by atoms with Gasteiger partial charge in [-0.25, -0.2) is 0 Å². The number of hydrogen-bond donors (Lipinski definition) is 2. The van der Waals surface area contributed by atoms with Gasteiger partial charge in [0.15, 0.2) is 0 Å². The highest BCUT2D eigenvalue weighted by Crippen LogP contribution is 2.20. The average molecular weight is 340 g/mol. The minimum absolute atomic E-state index is 0.00511. The first-order valence-electron chi connectivity index (χ1n) is 7.50. The van der Waals surface area contributed by atoms with Crippen molar-refractivity contribution in [2.75, 3.05) is 5.32 Å². The van der Waals surface area contributed by atoms with Gasteiger partial charge in [0, 0.05) is 23.0 Å². The van der Waals surface area contributed by atoms with E-state index in [0.717, 1.165) is 11.1 Å². The number of rotatable bonds is 5. The smallest absolute Gasteiger partial charge is 0.267 e. The number of nitrogens with one attached hydrogen (secondary N) is 2. The predicted molar refractivity (Wildman–Crippen MR) is 96.5 cm³/mol. The lowest BCUT2D eigenvalue weighted by atomic mass is 10.1. The molecule has 0 aliphatic carbocycles. The molecule has 24 heavy (non-hydrogen) atoms. The molecule has 1 amide bonds. The van der Waals surface area contributed by atoms with E-state index in [4.69, 9.17) is 11.6 Å². The fraction of sp³-hybridized carbons (Fsp3) is 0.158. The monoisotopic (exact) mass is 339 g/mol. The number of halogens is 1. The van der Waals surface area contributed by atoms with Crippen LogP contribution in [-0.4, -0.2) is 5.91 Å². The van der Waals surface area contributed by atoms with Gasteiger partial charge in [0.05, 0.1) is 0 Å². The van der Waals surface area contributed by atoms with Crippen molar-refractivity contribution in [3.8, 4) is 6.07 Å². The van der Waals surface area contributed by atoms with E-state index in [1.165, 1.54) is 6.20 Å². The van der Waals surface area contributed by atoms with Crippen molar-refractivity contribution in [1.82, 2.24) is 5.32 Å². The van der Waals surface area contributed by atoms with Crippen molar-refractivity contribution >= 4 is 23.2 Å². The average Bonchev–Trinajstić information content (AvgIpc) is 2.59. The number of hydrogen-bond acceptors (Lipinski definition) is 3. The first-order chi connectivity index (χ1) is 11.5. The Balaban J connectivity index is 2.05. The second-order valence-electron chi connectivity index (χ2n) is 5.39. The van der Waals surface area contributed by atoms with Crippen LogP contribution in [0.4, 0.5) is 5.69 Å². The molecular formula is C19H18ClN3O. The quantitative estimate of drug-likeness (QED) is 0.629. The Labute approximate surface area is 146 Å². The van der Waals surface area contributed by atoms with Crippen molar-refractivity contribution in [1.29, 1.82) is 5.26 Å². The largest absolute Gasteiger partial charge is 0.383 e. The van der Waals surface area contributed by atoms with Gasteiger partial charge in [0.2, 0.25) is 0 Å². The van der Waals surface area contributed by atoms with E-state index in [-0.39, 0.29) is 11.6 Å². The van der Waals surface area contributed by atoms with Gasteiger partial charge < -0.3 is 10.6 Å². The number of amides is 1. The molecule has 0 aliphatic rings. The second-order valence-corrected chi connectivity index (χ2v) is 5.79. The number of nitrogens with zero attached hydrogens (tertiary/aromatic N) is 1. The van der Waals surface area contributed by atoms with E-state index in [9.17, 15) is 10.1 Å². The second kappa shape index (κ2) is 8.19. The van der Waals surface area contributed by atoms with Crippen LogP contribution in [0, 0.1) is 18.3 Å². The third kappa shape index (κ3) is 4.61. The number of anilines is 1. The van der Waals surface area contributed by atoms with Gasteiger partial charge in [-0.15, -0.1) is 0 Å². The Morgan fingerprint density at radius 1 is 1.25 bits per heavy atom. The van der Waals surface area contributed by atoms with E-state index < -0.39 is 5.91 Å². The predicted octanol–water partition coefficient (Wildman–Crippen LogP) is 4.35. The van der Waals surface area contributed by atoms with E-state index in [1.807, 2.05) is 56.3 Å². The van der Waals surface area contributed by atoms with E-state index in [2.05, 4.69) is 10.6 Å². The van der Waals surface area contributed by atoms with Gasteiger partial charge >= 0.3 is 0 Å². The highest BCUT2D eigenvalue weighted by atomic mass is 35.5. The molecule has 122 valence electrons. The van der Waals surface area contributed by atoms with Gasteiger partial charge in [-0.1, -0.05) is 48.0 Å². The molecule has 0 radical (unpaired) electrons. The molecule has 4 nitrogen and oxygen atoms in total. The van der Waals surface area contributed by atoms with Crippen LogP contribution in [0.15, 0.2) is 60.3 Å². The highest BCUT2D eigenvalue weighted by molar-refractivity contribution is 6.31. The van der Waals surface area contributed by atoms with Crippen molar-refractivity contribution in [2.24, 2.45) is 0 Å². The Morgan fingerprint density at radius 2 is 1.96 bits per heavy atom. The molecule has 0 fully saturated rings. The Bertz CT molecular complexity index is 794. The molecule has 1 unspecified atom stereocenters. The summed E-state index contributed by atoms with van der Waals surface area (Å²) in [6.45, 7) is 3.84. The van der Waals surface area contributed by atoms with Gasteiger partial charge in [-0.05, 0) is 37.1 Å². The Morgan fingerprint density at radius 3 is 2.58 bits per heavy atom. The van der Waals surface area contributed by atoms with Crippen molar-refractivity contribution < 1.29 is 4.79 Å². The summed E-state index contributed by atoms with van der Waals surface area (Å²) in [4.78, 5) is 12.2. The maximum Gasteiger partial charge on any atom is 0.267 e. The minimum atomic E-state index is -0.481. The van der Waals surface area contributed by atoms with Crippen molar-refractivity contribution in [3.63, 3.8) is 0 Å². The number of aryl methyl sites for hydroxylation is 1. The summed E-state index contributed by atoms with van der Waals surface area (Å²) in [7, 11) is 0. The maximum atomic E-state index is 12.2. The molecule has 0 heterocycles. The Hall–Kier alpha value is -2.77. The molecular weight excluding hydrogens is 322 g/mol. The lowest BCUT2D eigenvalue weighted by Crippen LogP contribution is -2.18. The SMILES string of the molecule is Cc1ccc(NC(=O)/C(C#N)=C\NC(C)c2ccccc2)cc1Cl. The molecule has 0 aliphatic heterocycles. The summed E-state index contributed by atoms with van der Waals surface area (Å²) in [5, 5.41) is 15.5. The van der Waals surface area contributed by atoms with E-state index >= 15 is 0 Å². The molecule has 2 aromatic rings. The Kier molecular flexibility index (Phi) is 6.00. The van der Waals surface area contributed by atoms with Crippen LogP contribution in [0.3, 0.4) is 0 Å². The summed E-state index contributed by atoms with van der Waals surface area (Å²) >= 11 is 6.04. The molecule has 5 heteroatoms. The minimum Gasteiger partial charge on any atom is -0.383 e. The van der Waals surface area contributed by atoms with Gasteiger partial charge in [-0.2, -0.15) is 5.26 Å². The number of carbonyl (C=O) groups is 1. The van der Waals surface area contributed by atoms with E-state index in [1.54, 1.807) is 12.1 Å². The lowest BCUT2D eigenvalue weighted by Gasteiger charge is -2.12. The van der Waals surface area contributed by atoms with Crippen LogP contribution in [0.25, 0.3) is 0 Å². The summed E-state index contributed by atoms with van der Waals surface area (Å²) in [6, 6.07) is 16.9. The topological polar surface area (TPSA) is 64.9 Å². The van der Waals surface area contributed by atoms with Crippen LogP contribution in [0.1, 0.15) is 24.1 Å². The van der Waals surface area contributed by atoms with Crippen molar-refractivity contribution in [2.45, 2.75) is 19.9 Å². The molecule has 0 saturated heterocycles. The molecule has 0 bridgehead atoms. The molecule has 2 rings (SSSR count). The molecule has 0 saturated carbocycles. The van der Waals surface area contributed by atoms with Crippen LogP contribution in [-0.2, 0) is 4.79 Å². The first kappa shape index (κ1) is 17.6. The highest BCUT2D eigenvalue weighted by Gasteiger charge is 2.11. The van der Waals surface area contributed by atoms with Crippen LogP contribution < -0.4 is 10.6 Å². The zero-order chi connectivity index (χ0) is 17.5. The fourth-order valence-corrected chi connectivity index (χ4v) is 2.24. The number of carbonyl (C=O) groups excluding carboxylic acids is 1. The first-order valence-corrected chi connectivity index (χ1v) is 7.88. The molecule has 2 aromatic carbocycles. The summed E-state index contributed by atoms with van der Waals surface area (Å²) in [5.74, 6) is -0.481. The summed E-state index contributed by atoms with van der Waals surface area (Å²) in [5.41, 5.74) is 2.53. The molecule has 1 atom stereocenters. The molecule has 2 N–H and O–H groups in total. The van der Waals surface area contributed by atoms with Gasteiger partial charge in [-0.3, -0.25) is 4.79 Å². The number of benzene rings is 2. The zero-order valence-electron chi connectivity index (χ0n) is 13.5. The fourth-order valence-electron chi connectivity index (χ4n) is 2.06. The van der Waals surface area contributed by atoms with Gasteiger partial charge in [0.25, 0.3) is 5.91 Å². The van der Waals surface area contributed by atoms with E-state index in [0.29, 0.717) is 10.7 Å². The van der Waals surface area contributed by atoms with Crippen LogP contribution in [0.2, 0.25) is 5.02 Å². The normalized spacial score (nSPS) is 12.2. The van der Waals surface area contributed by atoms with Crippen molar-refractivity contribution in [3.05, 3.63) is 76.5 Å². The molecule has 0 aromatic heterocycles. The maximum absolute atomic E-state index is 12.2. The van der Waals surface area contributed by atoms with Crippen LogP contribution in [0.5, 0.6) is 0 Å². The zero-order valence-corrected chi connectivity index (χ0v) is 14.3. The standard InChI is InChI=1S/C19H18ClN3O/c1-13-8-9-17(10-18(13)20)23-19(24)16(11-21)12-22-14(2)15-6-4-3-5-7-15/h3-10,12,14,22H,1-2H3,(H,23,24)/b16-12-. The summed E-state index contributed by atoms with van der Waals surface area (Å²) < 4.78 is 0. The van der Waals surface area contributed by atoms with Crippen LogP contribution >= 0.6 is 11.6 Å². The molecule has 0 spiro atoms. The summed E-state index contributed by atoms with van der Waals surface area (Å²) in [6.07, 6.45) is 1.43. The van der Waals surface area contributed by atoms with Gasteiger partial charge in [0.1, 0.15) is 11.6 Å². The number of nitriles is 1. The third-order valence-electron chi connectivity index (χ3n) is 3.57. The lowest BCUT2D eigenvalue weighted by molar-refractivity contribution is -0.112.